The Hall–Kier alpha value is -2.17. The van der Waals surface area contributed by atoms with Gasteiger partial charge in [-0.2, -0.15) is 0 Å². The summed E-state index contributed by atoms with van der Waals surface area (Å²) in [6, 6.07) is 20.4. The van der Waals surface area contributed by atoms with E-state index in [-0.39, 0.29) is 12.0 Å². The molecule has 0 bridgehead atoms. The lowest BCUT2D eigenvalue weighted by Crippen LogP contribution is -2.39. The van der Waals surface area contributed by atoms with Gasteiger partial charge >= 0.3 is 0 Å². The zero-order chi connectivity index (χ0) is 16.8. The first kappa shape index (κ1) is 16.7. The second-order valence-electron chi connectivity index (χ2n) is 6.40. The van der Waals surface area contributed by atoms with Crippen LogP contribution < -0.4 is 0 Å². The molecule has 0 spiro atoms. The number of aliphatic hydroxyl groups excluding tert-OH is 1. The van der Waals surface area contributed by atoms with Crippen molar-refractivity contribution in [2.75, 3.05) is 19.6 Å². The minimum atomic E-state index is -0.370. The maximum Gasteiger partial charge on any atom is 0.236 e. The van der Waals surface area contributed by atoms with Crippen molar-refractivity contribution in [1.29, 1.82) is 0 Å². The summed E-state index contributed by atoms with van der Waals surface area (Å²) in [5.74, 6) is 0.0958. The number of aliphatic hydroxyl groups is 1. The summed E-state index contributed by atoms with van der Waals surface area (Å²) in [5, 5.41) is 9.65. The van der Waals surface area contributed by atoms with Crippen LogP contribution in [0.1, 0.15) is 17.5 Å². The molecule has 4 nitrogen and oxygen atoms in total. The van der Waals surface area contributed by atoms with Crippen molar-refractivity contribution < 1.29 is 9.90 Å². The van der Waals surface area contributed by atoms with Gasteiger partial charge in [-0.1, -0.05) is 60.7 Å². The van der Waals surface area contributed by atoms with E-state index < -0.39 is 0 Å². The van der Waals surface area contributed by atoms with Gasteiger partial charge in [0, 0.05) is 26.2 Å². The van der Waals surface area contributed by atoms with E-state index in [0.717, 1.165) is 13.1 Å². The topological polar surface area (TPSA) is 43.8 Å². The van der Waals surface area contributed by atoms with Crippen molar-refractivity contribution in [1.82, 2.24) is 9.80 Å². The number of nitrogens with zero attached hydrogens (tertiary/aromatic N) is 2. The number of carbonyl (C=O) groups is 1. The van der Waals surface area contributed by atoms with E-state index in [0.29, 0.717) is 26.1 Å². The first-order valence-corrected chi connectivity index (χ1v) is 8.47. The van der Waals surface area contributed by atoms with Crippen LogP contribution in [-0.2, 0) is 17.9 Å². The lowest BCUT2D eigenvalue weighted by molar-refractivity contribution is -0.132. The molecule has 0 aliphatic carbocycles. The standard InChI is InChI=1S/C20H24N2O2/c23-19-11-12-22(15-19)20(24)16-21(13-17-7-3-1-4-8-17)14-18-9-5-2-6-10-18/h1-10,19,23H,11-16H2/t19-/m1/s1. The molecule has 1 atom stereocenters. The molecule has 1 amide bonds. The van der Waals surface area contributed by atoms with Crippen LogP contribution in [0.25, 0.3) is 0 Å². The lowest BCUT2D eigenvalue weighted by atomic mass is 10.1. The van der Waals surface area contributed by atoms with E-state index in [2.05, 4.69) is 29.2 Å². The van der Waals surface area contributed by atoms with E-state index in [4.69, 9.17) is 0 Å². The molecule has 1 aliphatic heterocycles. The zero-order valence-electron chi connectivity index (χ0n) is 13.8. The summed E-state index contributed by atoms with van der Waals surface area (Å²) in [7, 11) is 0. The highest BCUT2D eigenvalue weighted by Gasteiger charge is 2.25. The maximum atomic E-state index is 12.6. The number of β-amino-alcohol motifs (C(OH)–C–C–N with tert-alkyl or cyclic N) is 1. The molecule has 0 saturated carbocycles. The number of likely N-dealkylation sites (tertiary alicyclic amines) is 1. The minimum absolute atomic E-state index is 0.0958. The fourth-order valence-electron chi connectivity index (χ4n) is 3.11. The normalized spacial score (nSPS) is 17.4. The molecule has 0 aromatic heterocycles. The quantitative estimate of drug-likeness (QED) is 0.886. The lowest BCUT2D eigenvalue weighted by Gasteiger charge is -2.25. The Labute approximate surface area is 143 Å². The Bertz CT molecular complexity index is 604. The summed E-state index contributed by atoms with van der Waals surface area (Å²) in [6.07, 6.45) is 0.314. The number of rotatable bonds is 6. The van der Waals surface area contributed by atoms with Gasteiger partial charge in [-0.15, -0.1) is 0 Å². The van der Waals surface area contributed by atoms with Crippen LogP contribution in [0.3, 0.4) is 0 Å². The molecule has 1 saturated heterocycles. The minimum Gasteiger partial charge on any atom is -0.391 e. The Balaban J connectivity index is 1.68. The summed E-state index contributed by atoms with van der Waals surface area (Å²) in [6.45, 7) is 2.96. The van der Waals surface area contributed by atoms with Gasteiger partial charge in [0.05, 0.1) is 12.6 Å². The molecule has 0 unspecified atom stereocenters. The zero-order valence-corrected chi connectivity index (χ0v) is 13.8. The molecule has 2 aromatic rings. The van der Waals surface area contributed by atoms with Gasteiger partial charge in [0.2, 0.25) is 5.91 Å². The first-order valence-electron chi connectivity index (χ1n) is 8.47. The first-order chi connectivity index (χ1) is 11.7. The van der Waals surface area contributed by atoms with E-state index >= 15 is 0 Å². The predicted octanol–water partition coefficient (Wildman–Crippen LogP) is 2.28. The molecule has 1 N–H and O–H groups in total. The van der Waals surface area contributed by atoms with Crippen molar-refractivity contribution in [2.45, 2.75) is 25.6 Å². The Morgan fingerprint density at radius 2 is 1.54 bits per heavy atom. The van der Waals surface area contributed by atoms with Crippen LogP contribution in [0.4, 0.5) is 0 Å². The fraction of sp³-hybridized carbons (Fsp3) is 0.350. The average molecular weight is 324 g/mol. The predicted molar refractivity (Wildman–Crippen MR) is 94.2 cm³/mol. The molecule has 1 fully saturated rings. The largest absolute Gasteiger partial charge is 0.391 e. The van der Waals surface area contributed by atoms with Gasteiger partial charge < -0.3 is 10.0 Å². The third-order valence-corrected chi connectivity index (χ3v) is 4.37. The van der Waals surface area contributed by atoms with E-state index in [1.54, 1.807) is 4.90 Å². The average Bonchev–Trinajstić information content (AvgIpc) is 3.03. The molecule has 4 heteroatoms. The van der Waals surface area contributed by atoms with Gasteiger partial charge in [-0.05, 0) is 17.5 Å². The van der Waals surface area contributed by atoms with Gasteiger partial charge in [0.1, 0.15) is 0 Å². The SMILES string of the molecule is O=C(CN(Cc1ccccc1)Cc1ccccc1)N1CC[C@@H](O)C1. The third kappa shape index (κ3) is 4.66. The molecule has 1 heterocycles. The highest BCUT2D eigenvalue weighted by molar-refractivity contribution is 5.78. The number of amides is 1. The van der Waals surface area contributed by atoms with Gasteiger partial charge in [-0.3, -0.25) is 9.69 Å². The Morgan fingerprint density at radius 3 is 2.00 bits per heavy atom. The van der Waals surface area contributed by atoms with E-state index in [1.807, 2.05) is 36.4 Å². The molecule has 2 aromatic carbocycles. The third-order valence-electron chi connectivity index (χ3n) is 4.37. The molecule has 1 aliphatic rings. The summed E-state index contributed by atoms with van der Waals surface area (Å²) >= 11 is 0. The van der Waals surface area contributed by atoms with Gasteiger partial charge in [0.25, 0.3) is 0 Å². The number of hydrogen-bond acceptors (Lipinski definition) is 3. The van der Waals surface area contributed by atoms with Crippen LogP contribution in [0.15, 0.2) is 60.7 Å². The van der Waals surface area contributed by atoms with Crippen molar-refractivity contribution >= 4 is 5.91 Å². The summed E-state index contributed by atoms with van der Waals surface area (Å²) in [5.41, 5.74) is 2.39. The van der Waals surface area contributed by atoms with E-state index in [9.17, 15) is 9.90 Å². The van der Waals surface area contributed by atoms with Gasteiger partial charge in [-0.25, -0.2) is 0 Å². The molecule has 0 radical (unpaired) electrons. The Morgan fingerprint density at radius 1 is 1.00 bits per heavy atom. The smallest absolute Gasteiger partial charge is 0.236 e. The van der Waals surface area contributed by atoms with Crippen molar-refractivity contribution in [3.8, 4) is 0 Å². The second-order valence-corrected chi connectivity index (χ2v) is 6.40. The van der Waals surface area contributed by atoms with Gasteiger partial charge in [0.15, 0.2) is 0 Å². The van der Waals surface area contributed by atoms with Crippen molar-refractivity contribution in [2.24, 2.45) is 0 Å². The highest BCUT2D eigenvalue weighted by Crippen LogP contribution is 2.13. The highest BCUT2D eigenvalue weighted by atomic mass is 16.3. The molecule has 126 valence electrons. The number of carbonyl (C=O) groups excluding carboxylic acids is 1. The Kier molecular flexibility index (Phi) is 5.62. The molecule has 3 rings (SSSR count). The molecular formula is C20H24N2O2. The number of hydrogen-bond donors (Lipinski definition) is 1. The summed E-state index contributed by atoms with van der Waals surface area (Å²) in [4.78, 5) is 16.5. The van der Waals surface area contributed by atoms with Crippen LogP contribution in [-0.4, -0.2) is 46.6 Å². The molecule has 24 heavy (non-hydrogen) atoms. The van der Waals surface area contributed by atoms with E-state index in [1.165, 1.54) is 11.1 Å². The number of benzene rings is 2. The fourth-order valence-corrected chi connectivity index (χ4v) is 3.11. The van der Waals surface area contributed by atoms with Crippen LogP contribution in [0, 0.1) is 0 Å². The second kappa shape index (κ2) is 8.08. The van der Waals surface area contributed by atoms with Crippen LogP contribution >= 0.6 is 0 Å². The maximum absolute atomic E-state index is 12.6. The monoisotopic (exact) mass is 324 g/mol. The van der Waals surface area contributed by atoms with Crippen LogP contribution in [0.2, 0.25) is 0 Å². The van der Waals surface area contributed by atoms with Crippen molar-refractivity contribution in [3.63, 3.8) is 0 Å². The molecular weight excluding hydrogens is 300 g/mol. The van der Waals surface area contributed by atoms with Crippen LogP contribution in [0.5, 0.6) is 0 Å². The van der Waals surface area contributed by atoms with Crippen molar-refractivity contribution in [3.05, 3.63) is 71.8 Å². The summed E-state index contributed by atoms with van der Waals surface area (Å²) < 4.78 is 0.